The highest BCUT2D eigenvalue weighted by Crippen LogP contribution is 2.64. The van der Waals surface area contributed by atoms with Crippen LogP contribution in [0.15, 0.2) is 163 Å². The van der Waals surface area contributed by atoms with Gasteiger partial charge in [-0.1, -0.05) is 152 Å². The van der Waals surface area contributed by atoms with Gasteiger partial charge in [-0.05, 0) is 45.7 Å². The molecule has 0 radical (unpaired) electrons. The molecule has 2 heterocycles. The summed E-state index contributed by atoms with van der Waals surface area (Å²) >= 11 is 1.60. The van der Waals surface area contributed by atoms with E-state index < -0.39 is 23.5 Å². The van der Waals surface area contributed by atoms with E-state index in [-0.39, 0.29) is 29.6 Å². The van der Waals surface area contributed by atoms with E-state index in [4.69, 9.17) is 4.74 Å². The Morgan fingerprint density at radius 2 is 1.24 bits per heavy atom. The molecule has 1 saturated heterocycles. The van der Waals surface area contributed by atoms with Crippen molar-refractivity contribution in [2.75, 3.05) is 5.75 Å². The number of fused-ring (bicyclic) bond motifs is 1. The third-order valence-corrected chi connectivity index (χ3v) is 11.4. The van der Waals surface area contributed by atoms with Gasteiger partial charge in [-0.15, -0.1) is 11.8 Å². The zero-order valence-corrected chi connectivity index (χ0v) is 28.2. The van der Waals surface area contributed by atoms with Gasteiger partial charge < -0.3 is 10.1 Å². The van der Waals surface area contributed by atoms with Crippen molar-refractivity contribution in [1.82, 2.24) is 10.2 Å². The monoisotopic (exact) mass is 676 g/mol. The van der Waals surface area contributed by atoms with E-state index in [1.165, 1.54) is 11.1 Å². The first-order valence-corrected chi connectivity index (χ1v) is 18.0. The van der Waals surface area contributed by atoms with E-state index in [9.17, 15) is 14.4 Å². The van der Waals surface area contributed by atoms with E-state index in [1.54, 1.807) is 16.7 Å². The summed E-state index contributed by atoms with van der Waals surface area (Å²) in [5.74, 6) is -0.537. The van der Waals surface area contributed by atoms with Crippen LogP contribution < -0.4 is 5.32 Å². The minimum absolute atomic E-state index is 0.0188. The molecule has 2 aliphatic heterocycles. The van der Waals surface area contributed by atoms with Crippen LogP contribution in [0.2, 0.25) is 0 Å². The molecule has 2 fully saturated rings. The molecule has 0 aromatic heterocycles. The Morgan fingerprint density at radius 1 is 0.740 bits per heavy atom. The van der Waals surface area contributed by atoms with Crippen molar-refractivity contribution in [2.24, 2.45) is 5.92 Å². The van der Waals surface area contributed by atoms with Crippen LogP contribution in [0.25, 0.3) is 0 Å². The van der Waals surface area contributed by atoms with E-state index in [0.717, 1.165) is 28.7 Å². The number of carbonyl (C=O) groups is 3. The van der Waals surface area contributed by atoms with Crippen LogP contribution in [0.5, 0.6) is 0 Å². The Hall–Kier alpha value is -5.40. The van der Waals surface area contributed by atoms with Crippen LogP contribution >= 0.6 is 11.8 Å². The number of esters is 1. The molecule has 1 N–H and O–H groups in total. The van der Waals surface area contributed by atoms with Gasteiger partial charge in [0.15, 0.2) is 6.10 Å². The van der Waals surface area contributed by atoms with Crippen molar-refractivity contribution in [1.29, 1.82) is 0 Å². The molecular weight excluding hydrogens is 641 g/mol. The largest absolute Gasteiger partial charge is 0.448 e. The van der Waals surface area contributed by atoms with Crippen molar-refractivity contribution in [2.45, 2.75) is 35.8 Å². The number of amides is 2. The molecule has 6 nitrogen and oxygen atoms in total. The lowest BCUT2D eigenvalue weighted by molar-refractivity contribution is -0.154. The first kappa shape index (κ1) is 31.8. The molecule has 3 atom stereocenters. The van der Waals surface area contributed by atoms with Crippen molar-refractivity contribution in [3.8, 4) is 0 Å². The Kier molecular flexibility index (Phi) is 8.59. The van der Waals surface area contributed by atoms with Crippen LogP contribution in [0, 0.1) is 5.92 Å². The van der Waals surface area contributed by atoms with Gasteiger partial charge in [0.05, 0.1) is 6.42 Å². The highest BCUT2D eigenvalue weighted by atomic mass is 32.2. The van der Waals surface area contributed by atoms with Gasteiger partial charge in [0.25, 0.3) is 5.91 Å². The third-order valence-electron chi connectivity index (χ3n) is 10.1. The fourth-order valence-electron chi connectivity index (χ4n) is 7.61. The summed E-state index contributed by atoms with van der Waals surface area (Å²) in [5.41, 5.74) is 5.78. The highest BCUT2D eigenvalue weighted by molar-refractivity contribution is 8.00. The van der Waals surface area contributed by atoms with Gasteiger partial charge in [0.2, 0.25) is 5.91 Å². The normalized spacial score (nSPS) is 20.5. The van der Waals surface area contributed by atoms with Gasteiger partial charge in [-0.2, -0.15) is 0 Å². The lowest BCUT2D eigenvalue weighted by Gasteiger charge is -2.50. The maximum absolute atomic E-state index is 14.7. The molecule has 1 unspecified atom stereocenters. The Bertz CT molecular complexity index is 1960. The van der Waals surface area contributed by atoms with E-state index in [2.05, 4.69) is 53.8 Å². The molecule has 50 heavy (non-hydrogen) atoms. The van der Waals surface area contributed by atoms with E-state index >= 15 is 0 Å². The summed E-state index contributed by atoms with van der Waals surface area (Å²) in [6.45, 7) is 0. The molecular formula is C43H36N2O4S. The predicted octanol–water partition coefficient (Wildman–Crippen LogP) is 7.22. The minimum Gasteiger partial charge on any atom is -0.448 e. The molecule has 5 aromatic carbocycles. The molecule has 2 amide bonds. The standard InChI is InChI=1S/C43H36N2O4S/c46-36(26-29-16-6-1-7-17-29)44-37-40(47)45-38(42(48)49-39(30-18-8-2-9-19-30)31-20-10-3-11-21-31)34(28-50-41(37)45)35-27-43(35,32-22-12-4-13-23-32)33-24-14-5-15-25-33/h1-25,35,37,39,41H,26-28H2,(H,44,46)/t35?,37-,41-/m1/s1. The molecule has 1 saturated carbocycles. The third kappa shape index (κ3) is 5.81. The van der Waals surface area contributed by atoms with Gasteiger partial charge in [0, 0.05) is 11.2 Å². The van der Waals surface area contributed by atoms with Gasteiger partial charge in [0.1, 0.15) is 17.1 Å². The number of ether oxygens (including phenoxy) is 1. The summed E-state index contributed by atoms with van der Waals surface area (Å²) in [6, 6.07) is 49.0. The highest BCUT2D eigenvalue weighted by Gasteiger charge is 2.62. The van der Waals surface area contributed by atoms with Crippen LogP contribution in [-0.4, -0.2) is 39.9 Å². The maximum Gasteiger partial charge on any atom is 0.356 e. The molecule has 1 aliphatic carbocycles. The number of β-lactam (4-membered cyclic amide) rings is 1. The molecule has 5 aromatic rings. The summed E-state index contributed by atoms with van der Waals surface area (Å²) in [7, 11) is 0. The Morgan fingerprint density at radius 3 is 1.78 bits per heavy atom. The van der Waals surface area contributed by atoms with Crippen LogP contribution in [0.1, 0.15) is 40.3 Å². The number of carbonyl (C=O) groups excluding carboxylic acids is 3. The smallest absolute Gasteiger partial charge is 0.356 e. The number of nitrogens with zero attached hydrogens (tertiary/aromatic N) is 1. The second-order valence-corrected chi connectivity index (χ2v) is 14.2. The number of nitrogens with one attached hydrogen (secondary N) is 1. The van der Waals surface area contributed by atoms with E-state index in [1.807, 2.05) is 103 Å². The van der Waals surface area contributed by atoms with Crippen molar-refractivity contribution >= 4 is 29.5 Å². The fraction of sp³-hybridized carbons (Fsp3) is 0.186. The summed E-state index contributed by atoms with van der Waals surface area (Å²) in [6.07, 6.45) is 0.307. The number of hydrogen-bond donors (Lipinski definition) is 1. The van der Waals surface area contributed by atoms with Crippen molar-refractivity contribution in [3.05, 3.63) is 191 Å². The van der Waals surface area contributed by atoms with Gasteiger partial charge in [-0.25, -0.2) is 4.79 Å². The lowest BCUT2D eigenvalue weighted by atomic mass is 9.83. The molecule has 3 aliphatic rings. The van der Waals surface area contributed by atoms with Gasteiger partial charge in [-0.3, -0.25) is 14.5 Å². The zero-order valence-electron chi connectivity index (χ0n) is 27.4. The molecule has 0 bridgehead atoms. The minimum atomic E-state index is -0.730. The molecule has 7 heteroatoms. The molecule has 8 rings (SSSR count). The van der Waals surface area contributed by atoms with E-state index in [0.29, 0.717) is 11.4 Å². The summed E-state index contributed by atoms with van der Waals surface area (Å²) in [4.78, 5) is 43.5. The maximum atomic E-state index is 14.7. The van der Waals surface area contributed by atoms with Crippen molar-refractivity contribution in [3.63, 3.8) is 0 Å². The SMILES string of the molecule is O=C(Cc1ccccc1)N[C@@H]1C(=O)N2C(C(=O)OC(c3ccccc3)c3ccccc3)=C(C3CC3(c3ccccc3)c3ccccc3)CS[C@H]12. The van der Waals surface area contributed by atoms with Crippen LogP contribution in [0.4, 0.5) is 0 Å². The number of benzene rings is 5. The first-order valence-electron chi connectivity index (χ1n) is 17.0. The zero-order chi connectivity index (χ0) is 34.1. The first-order chi connectivity index (χ1) is 24.5. The predicted molar refractivity (Wildman–Crippen MR) is 195 cm³/mol. The van der Waals surface area contributed by atoms with Crippen LogP contribution in [0.3, 0.4) is 0 Å². The number of thioether (sulfide) groups is 1. The van der Waals surface area contributed by atoms with Gasteiger partial charge >= 0.3 is 5.97 Å². The quantitative estimate of drug-likeness (QED) is 0.125. The van der Waals surface area contributed by atoms with Crippen LogP contribution in [-0.2, 0) is 31.0 Å². The second-order valence-electron chi connectivity index (χ2n) is 13.1. The second kappa shape index (κ2) is 13.5. The summed E-state index contributed by atoms with van der Waals surface area (Å²) in [5, 5.41) is 2.55. The lowest BCUT2D eigenvalue weighted by Crippen LogP contribution is -2.70. The summed E-state index contributed by atoms with van der Waals surface area (Å²) < 4.78 is 6.46. The topological polar surface area (TPSA) is 75.7 Å². The number of hydrogen-bond acceptors (Lipinski definition) is 5. The fourth-order valence-corrected chi connectivity index (χ4v) is 9.03. The average Bonchev–Trinajstić information content (AvgIpc) is 3.94. The molecule has 248 valence electrons. The number of rotatable bonds is 10. The average molecular weight is 677 g/mol. The molecule has 0 spiro atoms. The Balaban J connectivity index is 1.17. The Labute approximate surface area is 296 Å². The van der Waals surface area contributed by atoms with Crippen molar-refractivity contribution < 1.29 is 19.1 Å².